The highest BCUT2D eigenvalue weighted by atomic mass is 16.6. The van der Waals surface area contributed by atoms with Gasteiger partial charge >= 0.3 is 6.09 Å². The molecule has 6 nitrogen and oxygen atoms in total. The van der Waals surface area contributed by atoms with Crippen LogP contribution in [0.2, 0.25) is 0 Å². The minimum atomic E-state index is -0.472. The highest BCUT2D eigenvalue weighted by molar-refractivity contribution is 5.77. The Morgan fingerprint density at radius 3 is 2.64 bits per heavy atom. The van der Waals surface area contributed by atoms with E-state index < -0.39 is 5.60 Å². The van der Waals surface area contributed by atoms with Gasteiger partial charge in [0.05, 0.1) is 6.54 Å². The van der Waals surface area contributed by atoms with Crippen LogP contribution in [0, 0.1) is 5.92 Å². The fourth-order valence-corrected chi connectivity index (χ4v) is 2.53. The Labute approximate surface area is 134 Å². The number of carbonyl (C=O) groups excluding carboxylic acids is 2. The zero-order valence-electron chi connectivity index (χ0n) is 14.4. The number of piperidine rings is 1. The molecule has 2 N–H and O–H groups in total. The molecular formula is C16H31N3O3. The van der Waals surface area contributed by atoms with Crippen molar-refractivity contribution in [1.29, 1.82) is 0 Å². The fourth-order valence-electron chi connectivity index (χ4n) is 2.53. The zero-order chi connectivity index (χ0) is 16.6. The van der Waals surface area contributed by atoms with E-state index in [0.29, 0.717) is 19.0 Å². The van der Waals surface area contributed by atoms with Gasteiger partial charge in [-0.25, -0.2) is 4.79 Å². The molecule has 128 valence electrons. The maximum atomic E-state index is 11.8. The summed E-state index contributed by atoms with van der Waals surface area (Å²) in [6.07, 6.45) is 2.71. The number of alkyl carbamates (subject to hydrolysis) is 1. The number of hydrogen-bond acceptors (Lipinski definition) is 4. The van der Waals surface area contributed by atoms with Gasteiger partial charge in [0, 0.05) is 19.6 Å². The molecule has 0 aliphatic carbocycles. The zero-order valence-corrected chi connectivity index (χ0v) is 14.4. The third-order valence-corrected chi connectivity index (χ3v) is 3.48. The summed E-state index contributed by atoms with van der Waals surface area (Å²) in [5, 5.41) is 5.73. The largest absolute Gasteiger partial charge is 0.444 e. The first-order valence-corrected chi connectivity index (χ1v) is 8.26. The van der Waals surface area contributed by atoms with Gasteiger partial charge in [-0.2, -0.15) is 0 Å². The lowest BCUT2D eigenvalue weighted by Gasteiger charge is -2.32. The third-order valence-electron chi connectivity index (χ3n) is 3.48. The number of nitrogens with zero attached hydrogens (tertiary/aromatic N) is 1. The van der Waals surface area contributed by atoms with E-state index >= 15 is 0 Å². The van der Waals surface area contributed by atoms with Crippen molar-refractivity contribution in [3.63, 3.8) is 0 Å². The van der Waals surface area contributed by atoms with Crippen LogP contribution in [0.3, 0.4) is 0 Å². The van der Waals surface area contributed by atoms with Crippen LogP contribution in [0.15, 0.2) is 0 Å². The summed E-state index contributed by atoms with van der Waals surface area (Å²) in [4.78, 5) is 25.6. The van der Waals surface area contributed by atoms with Crippen LogP contribution in [-0.4, -0.2) is 55.2 Å². The van der Waals surface area contributed by atoms with E-state index in [0.717, 1.165) is 38.9 Å². The molecule has 0 radical (unpaired) electrons. The Bertz CT molecular complexity index is 366. The van der Waals surface area contributed by atoms with Gasteiger partial charge in [0.25, 0.3) is 0 Å². The minimum Gasteiger partial charge on any atom is -0.444 e. The normalized spacial score (nSPS) is 19.5. The minimum absolute atomic E-state index is 0.0857. The molecule has 0 bridgehead atoms. The molecule has 1 aliphatic heterocycles. The summed E-state index contributed by atoms with van der Waals surface area (Å²) in [5.41, 5.74) is -0.472. The van der Waals surface area contributed by atoms with Gasteiger partial charge in [-0.05, 0) is 52.5 Å². The van der Waals surface area contributed by atoms with Gasteiger partial charge in [-0.3, -0.25) is 9.69 Å². The van der Waals surface area contributed by atoms with Crippen molar-refractivity contribution in [2.45, 2.75) is 52.6 Å². The van der Waals surface area contributed by atoms with Gasteiger partial charge in [-0.15, -0.1) is 0 Å². The summed E-state index contributed by atoms with van der Waals surface area (Å²) < 4.78 is 5.24. The third kappa shape index (κ3) is 8.22. The molecule has 1 atom stereocenters. The molecule has 0 aromatic heterocycles. The molecule has 0 aromatic carbocycles. The molecule has 1 heterocycles. The van der Waals surface area contributed by atoms with Gasteiger partial charge < -0.3 is 15.4 Å². The van der Waals surface area contributed by atoms with E-state index in [2.05, 4.69) is 15.5 Å². The molecule has 2 amide bonds. The van der Waals surface area contributed by atoms with Crippen LogP contribution < -0.4 is 10.6 Å². The van der Waals surface area contributed by atoms with E-state index in [1.165, 1.54) is 0 Å². The van der Waals surface area contributed by atoms with Crippen LogP contribution in [0.25, 0.3) is 0 Å². The smallest absolute Gasteiger partial charge is 0.407 e. The van der Waals surface area contributed by atoms with Crippen molar-refractivity contribution in [3.8, 4) is 0 Å². The van der Waals surface area contributed by atoms with E-state index in [-0.39, 0.29) is 12.0 Å². The molecule has 1 fully saturated rings. The summed E-state index contributed by atoms with van der Waals surface area (Å²) in [6.45, 7) is 11.2. The Morgan fingerprint density at radius 1 is 1.27 bits per heavy atom. The number of rotatable bonds is 6. The summed E-state index contributed by atoms with van der Waals surface area (Å²) in [5.74, 6) is 0.461. The van der Waals surface area contributed by atoms with Gasteiger partial charge in [0.2, 0.25) is 5.91 Å². The van der Waals surface area contributed by atoms with E-state index in [1.54, 1.807) is 0 Å². The average molecular weight is 313 g/mol. The number of ether oxygens (including phenoxy) is 1. The number of amides is 2. The molecule has 1 aliphatic rings. The quantitative estimate of drug-likeness (QED) is 0.784. The Hall–Kier alpha value is -1.30. The van der Waals surface area contributed by atoms with Crippen molar-refractivity contribution in [2.75, 3.05) is 32.7 Å². The Kier molecular flexibility index (Phi) is 7.65. The standard InChI is InChI=1S/C16H31N3O3/c1-5-8-17-14(20)12-19-9-6-7-13(11-19)10-18-15(21)22-16(2,3)4/h13H,5-12H2,1-4H3,(H,17,20)(H,18,21)/t13-/m1/s1. The van der Waals surface area contributed by atoms with E-state index in [9.17, 15) is 9.59 Å². The molecule has 22 heavy (non-hydrogen) atoms. The number of carbonyl (C=O) groups is 2. The average Bonchev–Trinajstić information content (AvgIpc) is 2.41. The van der Waals surface area contributed by atoms with Crippen molar-refractivity contribution < 1.29 is 14.3 Å². The van der Waals surface area contributed by atoms with Crippen molar-refractivity contribution >= 4 is 12.0 Å². The van der Waals surface area contributed by atoms with E-state index in [4.69, 9.17) is 4.74 Å². The summed E-state index contributed by atoms with van der Waals surface area (Å²) >= 11 is 0. The lowest BCUT2D eigenvalue weighted by molar-refractivity contribution is -0.122. The predicted octanol–water partition coefficient (Wildman–Crippen LogP) is 1.75. The monoisotopic (exact) mass is 313 g/mol. The first kappa shape index (κ1) is 18.7. The Morgan fingerprint density at radius 2 is 2.00 bits per heavy atom. The fraction of sp³-hybridized carbons (Fsp3) is 0.875. The summed E-state index contributed by atoms with van der Waals surface area (Å²) in [6, 6.07) is 0. The van der Waals surface area contributed by atoms with Crippen molar-refractivity contribution in [1.82, 2.24) is 15.5 Å². The van der Waals surface area contributed by atoms with Crippen LogP contribution >= 0.6 is 0 Å². The lowest BCUT2D eigenvalue weighted by Crippen LogP contribution is -2.45. The molecular weight excluding hydrogens is 282 g/mol. The maximum Gasteiger partial charge on any atom is 0.407 e. The second kappa shape index (κ2) is 8.98. The first-order chi connectivity index (χ1) is 10.3. The second-order valence-electron chi connectivity index (χ2n) is 6.98. The van der Waals surface area contributed by atoms with Crippen LogP contribution in [-0.2, 0) is 9.53 Å². The van der Waals surface area contributed by atoms with E-state index in [1.807, 2.05) is 27.7 Å². The molecule has 1 rings (SSSR count). The molecule has 0 saturated carbocycles. The van der Waals surface area contributed by atoms with Crippen LogP contribution in [0.4, 0.5) is 4.79 Å². The second-order valence-corrected chi connectivity index (χ2v) is 6.98. The molecule has 0 unspecified atom stereocenters. The topological polar surface area (TPSA) is 70.7 Å². The highest BCUT2D eigenvalue weighted by Gasteiger charge is 2.23. The summed E-state index contributed by atoms with van der Waals surface area (Å²) in [7, 11) is 0. The number of likely N-dealkylation sites (tertiary alicyclic amines) is 1. The van der Waals surface area contributed by atoms with Gasteiger partial charge in [0.1, 0.15) is 5.60 Å². The van der Waals surface area contributed by atoms with Crippen LogP contribution in [0.5, 0.6) is 0 Å². The van der Waals surface area contributed by atoms with Gasteiger partial charge in [0.15, 0.2) is 0 Å². The molecule has 1 saturated heterocycles. The van der Waals surface area contributed by atoms with Crippen LogP contribution in [0.1, 0.15) is 47.0 Å². The number of nitrogens with one attached hydrogen (secondary N) is 2. The van der Waals surface area contributed by atoms with Gasteiger partial charge in [-0.1, -0.05) is 6.92 Å². The SMILES string of the molecule is CCCNC(=O)CN1CCC[C@H](CNC(=O)OC(C)(C)C)C1. The van der Waals surface area contributed by atoms with Crippen molar-refractivity contribution in [2.24, 2.45) is 5.92 Å². The maximum absolute atomic E-state index is 11.8. The first-order valence-electron chi connectivity index (χ1n) is 8.26. The lowest BCUT2D eigenvalue weighted by atomic mass is 9.98. The molecule has 0 aromatic rings. The number of hydrogen-bond donors (Lipinski definition) is 2. The Balaban J connectivity index is 2.28. The molecule has 6 heteroatoms. The highest BCUT2D eigenvalue weighted by Crippen LogP contribution is 2.15. The van der Waals surface area contributed by atoms with Crippen molar-refractivity contribution in [3.05, 3.63) is 0 Å². The molecule has 0 spiro atoms. The predicted molar refractivity (Wildman–Crippen MR) is 86.7 cm³/mol.